The molecule has 1 aromatic carbocycles. The molecule has 0 aliphatic carbocycles. The number of aliphatic imine (C=N–C) groups is 1. The maximum absolute atomic E-state index is 12.7. The van der Waals surface area contributed by atoms with Gasteiger partial charge in [-0.25, -0.2) is 9.59 Å². The summed E-state index contributed by atoms with van der Waals surface area (Å²) in [6.45, 7) is 5.47. The highest BCUT2D eigenvalue weighted by Gasteiger charge is 2.21. The number of nitrogens with one attached hydrogen (secondary N) is 1. The lowest BCUT2D eigenvalue weighted by molar-refractivity contribution is 0.226. The molecule has 0 aliphatic heterocycles. The Morgan fingerprint density at radius 3 is 2.56 bits per heavy atom. The molecule has 1 N–H and O–H groups in total. The van der Waals surface area contributed by atoms with E-state index in [-0.39, 0.29) is 11.7 Å². The molecule has 0 aromatic heterocycles. The summed E-state index contributed by atoms with van der Waals surface area (Å²) in [5.41, 5.74) is 0.647. The predicted molar refractivity (Wildman–Crippen MR) is 105 cm³/mol. The number of para-hydroxylation sites is 1. The molecule has 0 unspecified atom stereocenters. The van der Waals surface area contributed by atoms with Crippen LogP contribution >= 0.6 is 11.8 Å². The van der Waals surface area contributed by atoms with Gasteiger partial charge in [0.15, 0.2) is 5.17 Å². The van der Waals surface area contributed by atoms with Crippen molar-refractivity contribution in [1.29, 1.82) is 0 Å². The first-order valence-corrected chi connectivity index (χ1v) is 8.55. The van der Waals surface area contributed by atoms with Gasteiger partial charge >= 0.3 is 12.1 Å². The maximum Gasteiger partial charge on any atom is 0.345 e. The fourth-order valence-electron chi connectivity index (χ4n) is 1.58. The SMILES string of the molecule is C=CCSC(=NC(=O)N(C)C)N(CC#CC)C(=O)Nc1ccccc1. The topological polar surface area (TPSA) is 65.0 Å². The molecule has 0 saturated heterocycles. The largest absolute Gasteiger partial charge is 0.345 e. The number of carbonyl (C=O) groups is 2. The highest BCUT2D eigenvalue weighted by atomic mass is 32.2. The van der Waals surface area contributed by atoms with E-state index in [1.165, 1.54) is 21.6 Å². The number of hydrogen-bond donors (Lipinski definition) is 1. The fraction of sp³-hybridized carbons (Fsp3) is 0.278. The van der Waals surface area contributed by atoms with Crippen LogP contribution in [0.4, 0.5) is 15.3 Å². The summed E-state index contributed by atoms with van der Waals surface area (Å²) in [6, 6.07) is 8.20. The second-order valence-corrected chi connectivity index (χ2v) is 5.97. The van der Waals surface area contributed by atoms with Crippen LogP contribution in [0.2, 0.25) is 0 Å². The van der Waals surface area contributed by atoms with Gasteiger partial charge in [-0.1, -0.05) is 42.0 Å². The van der Waals surface area contributed by atoms with Gasteiger partial charge in [-0.15, -0.1) is 12.5 Å². The van der Waals surface area contributed by atoms with E-state index in [0.29, 0.717) is 11.4 Å². The third-order valence-corrected chi connectivity index (χ3v) is 3.79. The molecule has 4 amide bonds. The van der Waals surface area contributed by atoms with Gasteiger partial charge in [-0.3, -0.25) is 4.90 Å². The van der Waals surface area contributed by atoms with E-state index in [9.17, 15) is 9.59 Å². The van der Waals surface area contributed by atoms with Crippen molar-refractivity contribution in [2.75, 3.05) is 31.7 Å². The summed E-state index contributed by atoms with van der Waals surface area (Å²) in [7, 11) is 3.20. The molecule has 0 saturated carbocycles. The first kappa shape index (κ1) is 20.3. The maximum atomic E-state index is 12.7. The molecule has 0 aliphatic rings. The zero-order chi connectivity index (χ0) is 18.7. The molecule has 132 valence electrons. The summed E-state index contributed by atoms with van der Waals surface area (Å²) in [4.78, 5) is 31.4. The third kappa shape index (κ3) is 7.14. The molecule has 1 aromatic rings. The minimum atomic E-state index is -0.450. The second-order valence-electron chi connectivity index (χ2n) is 4.98. The van der Waals surface area contributed by atoms with E-state index in [0.717, 1.165) is 0 Å². The molecule has 0 heterocycles. The van der Waals surface area contributed by atoms with Gasteiger partial charge in [0.1, 0.15) is 0 Å². The van der Waals surface area contributed by atoms with Crippen molar-refractivity contribution in [2.24, 2.45) is 4.99 Å². The first-order chi connectivity index (χ1) is 12.0. The van der Waals surface area contributed by atoms with E-state index < -0.39 is 12.1 Å². The number of benzene rings is 1. The van der Waals surface area contributed by atoms with Crippen LogP contribution in [0, 0.1) is 11.8 Å². The fourth-order valence-corrected chi connectivity index (χ4v) is 2.30. The molecular formula is C18H22N4O2S. The number of rotatable bonds is 4. The molecule has 25 heavy (non-hydrogen) atoms. The smallest absolute Gasteiger partial charge is 0.329 e. The van der Waals surface area contributed by atoms with Crippen molar-refractivity contribution in [3.8, 4) is 11.8 Å². The monoisotopic (exact) mass is 358 g/mol. The van der Waals surface area contributed by atoms with Crippen LogP contribution in [-0.2, 0) is 0 Å². The summed E-state index contributed by atoms with van der Waals surface area (Å²) >= 11 is 1.25. The lowest BCUT2D eigenvalue weighted by Gasteiger charge is -2.22. The normalized spacial score (nSPS) is 10.3. The Morgan fingerprint density at radius 1 is 1.32 bits per heavy atom. The van der Waals surface area contributed by atoms with Crippen molar-refractivity contribution < 1.29 is 9.59 Å². The highest BCUT2D eigenvalue weighted by molar-refractivity contribution is 8.14. The zero-order valence-corrected chi connectivity index (χ0v) is 15.5. The standard InChI is InChI=1S/C18H22N4O2S/c1-5-7-13-22(17(24)19-15-11-9-8-10-12-15)18(25-14-6-2)20-16(23)21(3)4/h6,8-12H,2,13-14H2,1,3-4H3,(H,19,24). The number of urea groups is 2. The van der Waals surface area contributed by atoms with Crippen molar-refractivity contribution >= 4 is 34.7 Å². The van der Waals surface area contributed by atoms with Crippen molar-refractivity contribution in [2.45, 2.75) is 6.92 Å². The van der Waals surface area contributed by atoms with Gasteiger partial charge in [-0.05, 0) is 19.1 Å². The van der Waals surface area contributed by atoms with Gasteiger partial charge in [0.2, 0.25) is 0 Å². The number of thioether (sulfide) groups is 1. The van der Waals surface area contributed by atoms with Gasteiger partial charge in [-0.2, -0.15) is 4.99 Å². The Kier molecular flexibility index (Phi) is 8.90. The van der Waals surface area contributed by atoms with Crippen LogP contribution in [0.5, 0.6) is 0 Å². The minimum absolute atomic E-state index is 0.124. The molecular weight excluding hydrogens is 336 g/mol. The summed E-state index contributed by atoms with van der Waals surface area (Å²) in [6.07, 6.45) is 1.68. The number of hydrogen-bond acceptors (Lipinski definition) is 3. The first-order valence-electron chi connectivity index (χ1n) is 7.56. The highest BCUT2D eigenvalue weighted by Crippen LogP contribution is 2.14. The number of amidine groups is 1. The molecule has 0 bridgehead atoms. The van der Waals surface area contributed by atoms with Gasteiger partial charge in [0, 0.05) is 25.5 Å². The molecule has 7 heteroatoms. The van der Waals surface area contributed by atoms with E-state index in [2.05, 4.69) is 28.7 Å². The van der Waals surface area contributed by atoms with Crippen LogP contribution in [0.3, 0.4) is 0 Å². The summed E-state index contributed by atoms with van der Waals surface area (Å²) in [5.74, 6) is 6.11. The lowest BCUT2D eigenvalue weighted by Crippen LogP contribution is -2.40. The number of carbonyl (C=O) groups excluding carboxylic acids is 2. The van der Waals surface area contributed by atoms with Gasteiger partial charge in [0.25, 0.3) is 0 Å². The Hall–Kier alpha value is -2.72. The Bertz CT molecular complexity index is 690. The molecule has 0 spiro atoms. The van der Waals surface area contributed by atoms with Crippen molar-refractivity contribution in [3.63, 3.8) is 0 Å². The van der Waals surface area contributed by atoms with E-state index in [4.69, 9.17) is 0 Å². The lowest BCUT2D eigenvalue weighted by atomic mass is 10.3. The number of amides is 4. The zero-order valence-electron chi connectivity index (χ0n) is 14.7. The number of nitrogens with zero attached hydrogens (tertiary/aromatic N) is 3. The van der Waals surface area contributed by atoms with Crippen LogP contribution in [0.15, 0.2) is 48.0 Å². The molecule has 0 radical (unpaired) electrons. The second kappa shape index (κ2) is 10.9. The van der Waals surface area contributed by atoms with Gasteiger partial charge < -0.3 is 10.2 Å². The van der Waals surface area contributed by atoms with Gasteiger partial charge in [0.05, 0.1) is 6.54 Å². The summed E-state index contributed by atoms with van der Waals surface area (Å²) in [5, 5.41) is 3.06. The quantitative estimate of drug-likeness (QED) is 0.388. The molecule has 0 fully saturated rings. The van der Waals surface area contributed by atoms with E-state index >= 15 is 0 Å². The van der Waals surface area contributed by atoms with E-state index in [1.807, 2.05) is 18.2 Å². The Morgan fingerprint density at radius 2 is 2.00 bits per heavy atom. The third-order valence-electron chi connectivity index (χ3n) is 2.82. The molecule has 1 rings (SSSR count). The Balaban J connectivity index is 3.11. The van der Waals surface area contributed by atoms with Crippen LogP contribution < -0.4 is 5.32 Å². The minimum Gasteiger partial charge on any atom is -0.329 e. The average Bonchev–Trinajstić information content (AvgIpc) is 2.60. The molecule has 0 atom stereocenters. The van der Waals surface area contributed by atoms with Crippen molar-refractivity contribution in [1.82, 2.24) is 9.80 Å². The van der Waals surface area contributed by atoms with E-state index in [1.54, 1.807) is 39.2 Å². The predicted octanol–water partition coefficient (Wildman–Crippen LogP) is 3.50. The summed E-state index contributed by atoms with van der Waals surface area (Å²) < 4.78 is 0. The van der Waals surface area contributed by atoms with Crippen molar-refractivity contribution in [3.05, 3.63) is 43.0 Å². The Labute approximate surface area is 153 Å². The van der Waals surface area contributed by atoms with Crippen LogP contribution in [0.1, 0.15) is 6.92 Å². The van der Waals surface area contributed by atoms with Crippen LogP contribution in [0.25, 0.3) is 0 Å². The number of anilines is 1. The average molecular weight is 358 g/mol. The molecule has 6 nitrogen and oxygen atoms in total. The van der Waals surface area contributed by atoms with Crippen LogP contribution in [-0.4, -0.2) is 53.4 Å².